The van der Waals surface area contributed by atoms with E-state index in [0.29, 0.717) is 0 Å². The molecule has 0 aliphatic carbocycles. The Morgan fingerprint density at radius 3 is 2.43 bits per heavy atom. The summed E-state index contributed by atoms with van der Waals surface area (Å²) in [6.07, 6.45) is 0. The van der Waals surface area contributed by atoms with Crippen molar-refractivity contribution >= 4 is 22.8 Å². The van der Waals surface area contributed by atoms with Crippen molar-refractivity contribution in [2.75, 3.05) is 31.1 Å². The molecule has 0 spiro atoms. The molecule has 0 radical (unpaired) electrons. The summed E-state index contributed by atoms with van der Waals surface area (Å²) in [4.78, 5) is 22.1. The molecule has 4 rings (SSSR count). The lowest BCUT2D eigenvalue weighted by atomic mass is 10.1. The number of rotatable bonds is 5. The van der Waals surface area contributed by atoms with Gasteiger partial charge in [-0.2, -0.15) is 0 Å². The molecule has 146 valence electrons. The zero-order valence-electron chi connectivity index (χ0n) is 16.6. The highest BCUT2D eigenvalue weighted by atomic mass is 32.1. The number of benzene rings is 1. The van der Waals surface area contributed by atoms with Crippen molar-refractivity contribution < 1.29 is 9.21 Å². The number of carbonyl (C=O) groups is 1. The number of aryl methyl sites for hydroxylation is 2. The van der Waals surface area contributed by atoms with E-state index in [1.54, 1.807) is 18.3 Å². The van der Waals surface area contributed by atoms with Crippen LogP contribution in [-0.2, 0) is 6.54 Å². The third-order valence-electron chi connectivity index (χ3n) is 5.33. The monoisotopic (exact) mass is 395 g/mol. The Balaban J connectivity index is 1.38. The van der Waals surface area contributed by atoms with Crippen LogP contribution in [0.3, 0.4) is 0 Å². The van der Waals surface area contributed by atoms with Gasteiger partial charge in [0.05, 0.1) is 10.6 Å². The molecule has 28 heavy (non-hydrogen) atoms. The van der Waals surface area contributed by atoms with E-state index in [2.05, 4.69) is 28.2 Å². The summed E-state index contributed by atoms with van der Waals surface area (Å²) < 4.78 is 5.94. The van der Waals surface area contributed by atoms with Crippen LogP contribution in [0, 0.1) is 13.8 Å². The van der Waals surface area contributed by atoms with Crippen molar-refractivity contribution in [3.8, 4) is 10.8 Å². The molecule has 0 N–H and O–H groups in total. The Morgan fingerprint density at radius 2 is 1.82 bits per heavy atom. The van der Waals surface area contributed by atoms with Gasteiger partial charge in [0.25, 0.3) is 0 Å². The van der Waals surface area contributed by atoms with Crippen LogP contribution in [0.4, 0.5) is 5.69 Å². The third-order valence-corrected chi connectivity index (χ3v) is 6.34. The molecule has 1 fully saturated rings. The number of hydrogen-bond donors (Lipinski definition) is 0. The molecular weight excluding hydrogens is 370 g/mol. The van der Waals surface area contributed by atoms with E-state index in [4.69, 9.17) is 9.40 Å². The molecule has 0 amide bonds. The fourth-order valence-electron chi connectivity index (χ4n) is 3.55. The van der Waals surface area contributed by atoms with E-state index in [0.717, 1.165) is 60.5 Å². The predicted molar refractivity (Wildman–Crippen MR) is 113 cm³/mol. The minimum absolute atomic E-state index is 0.108. The van der Waals surface area contributed by atoms with Gasteiger partial charge in [-0.25, -0.2) is 4.98 Å². The van der Waals surface area contributed by atoms with E-state index in [-0.39, 0.29) is 5.78 Å². The average molecular weight is 396 g/mol. The van der Waals surface area contributed by atoms with Gasteiger partial charge in [0.2, 0.25) is 5.89 Å². The highest BCUT2D eigenvalue weighted by Crippen LogP contribution is 2.30. The quantitative estimate of drug-likeness (QED) is 0.594. The third kappa shape index (κ3) is 3.88. The average Bonchev–Trinajstić information content (AvgIpc) is 3.28. The van der Waals surface area contributed by atoms with Gasteiger partial charge in [0, 0.05) is 44.0 Å². The SMILES string of the molecule is CC(=O)c1ccc(N2CCN(Cc3nc(-c4sccc4C)oc3C)CC2)cc1. The van der Waals surface area contributed by atoms with Crippen molar-refractivity contribution in [3.05, 3.63) is 58.3 Å². The molecule has 0 bridgehead atoms. The number of carbonyl (C=O) groups excluding carboxylic acids is 1. The Morgan fingerprint density at radius 1 is 1.11 bits per heavy atom. The number of aromatic nitrogens is 1. The fraction of sp³-hybridized carbons (Fsp3) is 0.364. The van der Waals surface area contributed by atoms with Gasteiger partial charge in [-0.3, -0.25) is 9.69 Å². The first kappa shape index (κ1) is 18.9. The Hall–Kier alpha value is -2.44. The lowest BCUT2D eigenvalue weighted by molar-refractivity contribution is 0.101. The summed E-state index contributed by atoms with van der Waals surface area (Å²) >= 11 is 1.67. The molecule has 3 heterocycles. The van der Waals surface area contributed by atoms with Gasteiger partial charge >= 0.3 is 0 Å². The van der Waals surface area contributed by atoms with Crippen molar-refractivity contribution in [1.82, 2.24) is 9.88 Å². The first-order valence-electron chi connectivity index (χ1n) is 9.60. The van der Waals surface area contributed by atoms with Crippen molar-refractivity contribution in [2.24, 2.45) is 0 Å². The van der Waals surface area contributed by atoms with E-state index in [1.165, 1.54) is 11.3 Å². The molecule has 5 nitrogen and oxygen atoms in total. The zero-order chi connectivity index (χ0) is 19.7. The summed E-state index contributed by atoms with van der Waals surface area (Å²) in [5.41, 5.74) is 4.18. The maximum absolute atomic E-state index is 11.4. The molecule has 2 aromatic heterocycles. The highest BCUT2D eigenvalue weighted by molar-refractivity contribution is 7.13. The summed E-state index contributed by atoms with van der Waals surface area (Å²) in [7, 11) is 0. The van der Waals surface area contributed by atoms with Crippen molar-refractivity contribution in [3.63, 3.8) is 0 Å². The van der Waals surface area contributed by atoms with Gasteiger partial charge in [-0.1, -0.05) is 0 Å². The molecule has 1 aliphatic rings. The normalized spacial score (nSPS) is 15.2. The first-order chi connectivity index (χ1) is 13.5. The molecule has 0 unspecified atom stereocenters. The second-order valence-electron chi connectivity index (χ2n) is 7.32. The van der Waals surface area contributed by atoms with Crippen LogP contribution in [0.15, 0.2) is 40.1 Å². The van der Waals surface area contributed by atoms with Crippen LogP contribution in [0.5, 0.6) is 0 Å². The fourth-order valence-corrected chi connectivity index (χ4v) is 4.40. The maximum atomic E-state index is 11.4. The largest absolute Gasteiger partial charge is 0.440 e. The minimum atomic E-state index is 0.108. The Labute approximate surface area is 169 Å². The molecule has 1 aliphatic heterocycles. The lowest BCUT2D eigenvalue weighted by Crippen LogP contribution is -2.46. The van der Waals surface area contributed by atoms with Crippen LogP contribution in [0.2, 0.25) is 0 Å². The zero-order valence-corrected chi connectivity index (χ0v) is 17.4. The van der Waals surface area contributed by atoms with Crippen molar-refractivity contribution in [1.29, 1.82) is 0 Å². The lowest BCUT2D eigenvalue weighted by Gasteiger charge is -2.35. The topological polar surface area (TPSA) is 49.6 Å². The van der Waals surface area contributed by atoms with Crippen LogP contribution >= 0.6 is 11.3 Å². The smallest absolute Gasteiger partial charge is 0.237 e. The van der Waals surface area contributed by atoms with E-state index < -0.39 is 0 Å². The van der Waals surface area contributed by atoms with Gasteiger partial charge in [-0.15, -0.1) is 11.3 Å². The molecule has 6 heteroatoms. The van der Waals surface area contributed by atoms with Crippen LogP contribution in [-0.4, -0.2) is 41.8 Å². The molecule has 0 saturated carbocycles. The summed E-state index contributed by atoms with van der Waals surface area (Å²) in [5, 5.41) is 2.08. The predicted octanol–water partition coefficient (Wildman–Crippen LogP) is 4.54. The van der Waals surface area contributed by atoms with Gasteiger partial charge in [0.1, 0.15) is 5.76 Å². The second-order valence-corrected chi connectivity index (χ2v) is 8.24. The van der Waals surface area contributed by atoms with Crippen LogP contribution in [0.25, 0.3) is 10.8 Å². The molecule has 1 saturated heterocycles. The number of nitrogens with zero attached hydrogens (tertiary/aromatic N) is 3. The van der Waals surface area contributed by atoms with Gasteiger partial charge < -0.3 is 9.32 Å². The summed E-state index contributed by atoms with van der Waals surface area (Å²) in [6, 6.07) is 10.0. The Kier molecular flexibility index (Phi) is 5.33. The summed E-state index contributed by atoms with van der Waals surface area (Å²) in [5.74, 6) is 1.76. The molecule has 1 aromatic carbocycles. The number of ketones is 1. The number of oxazole rings is 1. The van der Waals surface area contributed by atoms with E-state index >= 15 is 0 Å². The van der Waals surface area contributed by atoms with Crippen molar-refractivity contribution in [2.45, 2.75) is 27.3 Å². The van der Waals surface area contributed by atoms with E-state index in [1.807, 2.05) is 31.2 Å². The number of hydrogen-bond acceptors (Lipinski definition) is 6. The number of thiophene rings is 1. The number of anilines is 1. The van der Waals surface area contributed by atoms with Gasteiger partial charge in [-0.05, 0) is 62.0 Å². The first-order valence-corrected chi connectivity index (χ1v) is 10.5. The second kappa shape index (κ2) is 7.89. The van der Waals surface area contributed by atoms with Crippen LogP contribution in [0.1, 0.15) is 34.3 Å². The maximum Gasteiger partial charge on any atom is 0.237 e. The molecular formula is C22H25N3O2S. The van der Waals surface area contributed by atoms with E-state index in [9.17, 15) is 4.79 Å². The minimum Gasteiger partial charge on any atom is -0.440 e. The standard InChI is InChI=1S/C22H25N3O2S/c1-15-8-13-28-21(15)22-23-20(17(3)27-22)14-24-9-11-25(12-10-24)19-6-4-18(5-7-19)16(2)26/h4-8,13H,9-12,14H2,1-3H3. The number of Topliss-reactive ketones (excluding diaryl/α,β-unsaturated/α-hetero) is 1. The summed E-state index contributed by atoms with van der Waals surface area (Å²) in [6.45, 7) is 10.4. The van der Waals surface area contributed by atoms with Crippen LogP contribution < -0.4 is 4.90 Å². The van der Waals surface area contributed by atoms with Gasteiger partial charge in [0.15, 0.2) is 5.78 Å². The Bertz CT molecular complexity index is 966. The highest BCUT2D eigenvalue weighted by Gasteiger charge is 2.21. The molecule has 0 atom stereocenters. The number of piperazine rings is 1. The molecule has 3 aromatic rings.